The second-order valence-corrected chi connectivity index (χ2v) is 3.30. The van der Waals surface area contributed by atoms with Crippen LogP contribution in [0.25, 0.3) is 0 Å². The Morgan fingerprint density at radius 1 is 1.38 bits per heavy atom. The van der Waals surface area contributed by atoms with Gasteiger partial charge in [-0.25, -0.2) is 4.39 Å². The minimum atomic E-state index is -0.355. The van der Waals surface area contributed by atoms with Crippen LogP contribution in [0.2, 0.25) is 0 Å². The minimum Gasteiger partial charge on any atom is -0.348 e. The number of benzene rings is 1. The van der Waals surface area contributed by atoms with Crippen molar-refractivity contribution < 1.29 is 9.18 Å². The number of carbonyl (C=O) groups is 1. The average Bonchev–Trinajstić information content (AvgIpc) is 2.80. The summed E-state index contributed by atoms with van der Waals surface area (Å²) in [6.45, 7) is 0.396. The molecule has 5 heteroatoms. The molecule has 1 amide bonds. The molecule has 1 aromatic heterocycles. The number of H-pyrrole nitrogens is 1. The highest BCUT2D eigenvalue weighted by Gasteiger charge is 2.05. The lowest BCUT2D eigenvalue weighted by Crippen LogP contribution is -2.22. The first kappa shape index (κ1) is 10.4. The Hall–Kier alpha value is -2.17. The van der Waals surface area contributed by atoms with Gasteiger partial charge in [0.1, 0.15) is 5.82 Å². The SMILES string of the molecule is O=C(NCc1cn[nH]c1)c1ccc(F)cc1. The second kappa shape index (κ2) is 4.57. The first-order chi connectivity index (χ1) is 7.75. The van der Waals surface area contributed by atoms with Crippen LogP contribution in [-0.2, 0) is 6.54 Å². The largest absolute Gasteiger partial charge is 0.348 e. The van der Waals surface area contributed by atoms with Crippen LogP contribution in [-0.4, -0.2) is 16.1 Å². The van der Waals surface area contributed by atoms with Crippen LogP contribution < -0.4 is 5.32 Å². The van der Waals surface area contributed by atoms with Crippen molar-refractivity contribution in [2.45, 2.75) is 6.54 Å². The minimum absolute atomic E-state index is 0.235. The highest BCUT2D eigenvalue weighted by atomic mass is 19.1. The molecule has 4 nitrogen and oxygen atoms in total. The monoisotopic (exact) mass is 219 g/mol. The van der Waals surface area contributed by atoms with Crippen LogP contribution in [0.15, 0.2) is 36.7 Å². The molecule has 0 saturated carbocycles. The Labute approximate surface area is 91.5 Å². The van der Waals surface area contributed by atoms with E-state index in [9.17, 15) is 9.18 Å². The number of nitrogens with zero attached hydrogens (tertiary/aromatic N) is 1. The van der Waals surface area contributed by atoms with Crippen LogP contribution in [0, 0.1) is 5.82 Å². The molecule has 0 aliphatic rings. The molecule has 16 heavy (non-hydrogen) atoms. The molecule has 82 valence electrons. The van der Waals surface area contributed by atoms with Gasteiger partial charge in [0.15, 0.2) is 0 Å². The van der Waals surface area contributed by atoms with E-state index in [1.807, 2.05) is 0 Å². The molecule has 2 N–H and O–H groups in total. The van der Waals surface area contributed by atoms with E-state index in [2.05, 4.69) is 15.5 Å². The van der Waals surface area contributed by atoms with E-state index in [-0.39, 0.29) is 11.7 Å². The van der Waals surface area contributed by atoms with Gasteiger partial charge in [0, 0.05) is 23.9 Å². The van der Waals surface area contributed by atoms with Gasteiger partial charge in [0.2, 0.25) is 0 Å². The van der Waals surface area contributed by atoms with E-state index in [1.165, 1.54) is 24.3 Å². The van der Waals surface area contributed by atoms with Gasteiger partial charge < -0.3 is 5.32 Å². The summed E-state index contributed by atoms with van der Waals surface area (Å²) in [5.41, 5.74) is 1.32. The van der Waals surface area contributed by atoms with E-state index in [4.69, 9.17) is 0 Å². The Kier molecular flexibility index (Phi) is 2.95. The van der Waals surface area contributed by atoms with Gasteiger partial charge in [-0.15, -0.1) is 0 Å². The van der Waals surface area contributed by atoms with E-state index >= 15 is 0 Å². The summed E-state index contributed by atoms with van der Waals surface area (Å²) in [5.74, 6) is -0.590. The van der Waals surface area contributed by atoms with Gasteiger partial charge >= 0.3 is 0 Å². The number of halogens is 1. The molecule has 0 radical (unpaired) electrons. The number of hydrogen-bond acceptors (Lipinski definition) is 2. The van der Waals surface area contributed by atoms with Crippen LogP contribution >= 0.6 is 0 Å². The smallest absolute Gasteiger partial charge is 0.251 e. The third-order valence-electron chi connectivity index (χ3n) is 2.11. The zero-order chi connectivity index (χ0) is 11.4. The predicted octanol–water partition coefficient (Wildman–Crippen LogP) is 1.48. The summed E-state index contributed by atoms with van der Waals surface area (Å²) in [6, 6.07) is 5.40. The standard InChI is InChI=1S/C11H10FN3O/c12-10-3-1-9(2-4-10)11(16)13-5-8-6-14-15-7-8/h1-4,6-7H,5H2,(H,13,16)(H,14,15). The molecule has 0 aliphatic carbocycles. The molecule has 0 saturated heterocycles. The number of nitrogens with one attached hydrogen (secondary N) is 2. The summed E-state index contributed by atoms with van der Waals surface area (Å²) < 4.78 is 12.6. The molecule has 0 spiro atoms. The molecule has 2 aromatic rings. The number of aromatic amines is 1. The van der Waals surface area contributed by atoms with Gasteiger partial charge in [-0.1, -0.05) is 0 Å². The highest BCUT2D eigenvalue weighted by Crippen LogP contribution is 2.03. The number of amides is 1. The fourth-order valence-electron chi connectivity index (χ4n) is 1.26. The number of hydrogen-bond donors (Lipinski definition) is 2. The van der Waals surface area contributed by atoms with Crippen LogP contribution in [0.4, 0.5) is 4.39 Å². The molecule has 1 aromatic carbocycles. The second-order valence-electron chi connectivity index (χ2n) is 3.30. The lowest BCUT2D eigenvalue weighted by atomic mass is 10.2. The molecule has 0 aliphatic heterocycles. The van der Waals surface area contributed by atoms with E-state index in [1.54, 1.807) is 12.4 Å². The zero-order valence-electron chi connectivity index (χ0n) is 8.40. The molecule has 0 atom stereocenters. The maximum atomic E-state index is 12.6. The summed E-state index contributed by atoms with van der Waals surface area (Å²) >= 11 is 0. The quantitative estimate of drug-likeness (QED) is 0.821. The third kappa shape index (κ3) is 2.44. The Bertz CT molecular complexity index is 464. The van der Waals surface area contributed by atoms with Gasteiger partial charge in [0.25, 0.3) is 5.91 Å². The molecular formula is C11H10FN3O. The fraction of sp³-hybridized carbons (Fsp3) is 0.0909. The van der Waals surface area contributed by atoms with Crippen molar-refractivity contribution >= 4 is 5.91 Å². The van der Waals surface area contributed by atoms with Gasteiger partial charge in [0.05, 0.1) is 6.20 Å². The zero-order valence-corrected chi connectivity index (χ0v) is 8.40. The lowest BCUT2D eigenvalue weighted by Gasteiger charge is -2.02. The van der Waals surface area contributed by atoms with Crippen molar-refractivity contribution in [3.8, 4) is 0 Å². The van der Waals surface area contributed by atoms with Gasteiger partial charge in [-0.2, -0.15) is 5.10 Å². The van der Waals surface area contributed by atoms with Crippen molar-refractivity contribution in [3.63, 3.8) is 0 Å². The Balaban J connectivity index is 1.95. The van der Waals surface area contributed by atoms with Crippen molar-refractivity contribution in [3.05, 3.63) is 53.6 Å². The van der Waals surface area contributed by atoms with Crippen LogP contribution in [0.3, 0.4) is 0 Å². The van der Waals surface area contributed by atoms with E-state index in [0.717, 1.165) is 5.56 Å². The van der Waals surface area contributed by atoms with E-state index in [0.29, 0.717) is 12.1 Å². The lowest BCUT2D eigenvalue weighted by molar-refractivity contribution is 0.0951. The summed E-state index contributed by atoms with van der Waals surface area (Å²) in [6.07, 6.45) is 3.33. The summed E-state index contributed by atoms with van der Waals surface area (Å²) in [5, 5.41) is 9.11. The number of aromatic nitrogens is 2. The van der Waals surface area contributed by atoms with E-state index < -0.39 is 0 Å². The normalized spacial score (nSPS) is 10.1. The van der Waals surface area contributed by atoms with Crippen molar-refractivity contribution in [1.29, 1.82) is 0 Å². The average molecular weight is 219 g/mol. The van der Waals surface area contributed by atoms with Crippen LogP contribution in [0.1, 0.15) is 15.9 Å². The van der Waals surface area contributed by atoms with Crippen molar-refractivity contribution in [2.24, 2.45) is 0 Å². The Morgan fingerprint density at radius 3 is 2.75 bits per heavy atom. The molecule has 0 bridgehead atoms. The van der Waals surface area contributed by atoms with Gasteiger partial charge in [-0.3, -0.25) is 9.89 Å². The molecule has 0 fully saturated rings. The molecule has 2 rings (SSSR count). The number of carbonyl (C=O) groups excluding carboxylic acids is 1. The highest BCUT2D eigenvalue weighted by molar-refractivity contribution is 5.94. The fourth-order valence-corrected chi connectivity index (χ4v) is 1.26. The maximum Gasteiger partial charge on any atom is 0.251 e. The first-order valence-electron chi connectivity index (χ1n) is 4.77. The van der Waals surface area contributed by atoms with Crippen molar-refractivity contribution in [1.82, 2.24) is 15.5 Å². The van der Waals surface area contributed by atoms with Crippen molar-refractivity contribution in [2.75, 3.05) is 0 Å². The summed E-state index contributed by atoms with van der Waals surface area (Å²) in [4.78, 5) is 11.6. The molecule has 0 unspecified atom stereocenters. The maximum absolute atomic E-state index is 12.6. The van der Waals surface area contributed by atoms with Crippen LogP contribution in [0.5, 0.6) is 0 Å². The first-order valence-corrected chi connectivity index (χ1v) is 4.77. The molecular weight excluding hydrogens is 209 g/mol. The topological polar surface area (TPSA) is 57.8 Å². The predicted molar refractivity (Wildman–Crippen MR) is 56.2 cm³/mol. The number of rotatable bonds is 3. The van der Waals surface area contributed by atoms with Gasteiger partial charge in [-0.05, 0) is 24.3 Å². The Morgan fingerprint density at radius 2 is 2.12 bits per heavy atom. The molecule has 1 heterocycles. The summed E-state index contributed by atoms with van der Waals surface area (Å²) in [7, 11) is 0. The third-order valence-corrected chi connectivity index (χ3v) is 2.11.